The predicted octanol–water partition coefficient (Wildman–Crippen LogP) is 14.2. The second-order valence-electron chi connectivity index (χ2n) is 15.3. The summed E-state index contributed by atoms with van der Waals surface area (Å²) in [6.45, 7) is 0. The van der Waals surface area contributed by atoms with Gasteiger partial charge in [0.2, 0.25) is 0 Å². The second kappa shape index (κ2) is 14.5. The number of benzene rings is 8. The van der Waals surface area contributed by atoms with Crippen LogP contribution in [0.3, 0.4) is 0 Å². The molecule has 294 valence electrons. The van der Waals surface area contributed by atoms with E-state index in [9.17, 15) is 18.4 Å². The smallest absolute Gasteiger partial charge is 0.309 e. The molecule has 0 N–H and O–H groups in total. The summed E-state index contributed by atoms with van der Waals surface area (Å²) in [5, 5.41) is 13.9. The van der Waals surface area contributed by atoms with Gasteiger partial charge in [-0.1, -0.05) is 121 Å². The van der Waals surface area contributed by atoms with E-state index in [0.717, 1.165) is 71.8 Å². The van der Waals surface area contributed by atoms with Gasteiger partial charge < -0.3 is 9.13 Å². The highest BCUT2D eigenvalue weighted by molar-refractivity contribution is 6.11. The number of nitrogens with zero attached hydrogens (tertiary/aromatic N) is 5. The van der Waals surface area contributed by atoms with Crippen molar-refractivity contribution >= 4 is 43.6 Å². The van der Waals surface area contributed by atoms with Crippen molar-refractivity contribution in [1.29, 1.82) is 5.26 Å². The van der Waals surface area contributed by atoms with E-state index >= 15 is 0 Å². The van der Waals surface area contributed by atoms with Gasteiger partial charge in [-0.2, -0.15) is 18.4 Å². The number of fused-ring (bicyclic) bond motifs is 6. The second-order valence-corrected chi connectivity index (χ2v) is 15.3. The molecule has 0 spiro atoms. The zero-order valence-corrected chi connectivity index (χ0v) is 32.8. The van der Waals surface area contributed by atoms with E-state index in [-0.39, 0.29) is 0 Å². The van der Waals surface area contributed by atoms with Gasteiger partial charge in [-0.05, 0) is 83.9 Å². The van der Waals surface area contributed by atoms with Gasteiger partial charge in [0.1, 0.15) is 0 Å². The third-order valence-electron chi connectivity index (χ3n) is 11.6. The summed E-state index contributed by atoms with van der Waals surface area (Å²) < 4.78 is 48.5. The molecule has 0 amide bonds. The van der Waals surface area contributed by atoms with E-state index < -0.39 is 11.7 Å². The molecule has 0 radical (unpaired) electrons. The van der Waals surface area contributed by atoms with Crippen LogP contribution >= 0.6 is 0 Å². The summed E-state index contributed by atoms with van der Waals surface area (Å²) >= 11 is 0. The van der Waals surface area contributed by atoms with Gasteiger partial charge in [0.25, 0.3) is 0 Å². The van der Waals surface area contributed by atoms with Crippen LogP contribution in [0.15, 0.2) is 194 Å². The van der Waals surface area contributed by atoms with Crippen molar-refractivity contribution in [2.45, 2.75) is 6.18 Å². The molecule has 62 heavy (non-hydrogen) atoms. The molecule has 8 heteroatoms. The lowest BCUT2D eigenvalue weighted by Gasteiger charge is -2.16. The first-order valence-electron chi connectivity index (χ1n) is 20.1. The number of nitriles is 1. The van der Waals surface area contributed by atoms with Crippen LogP contribution in [0.2, 0.25) is 0 Å². The molecular weight excluding hydrogens is 776 g/mol. The highest BCUT2D eigenvalue weighted by Gasteiger charge is 2.32. The van der Waals surface area contributed by atoms with Crippen molar-refractivity contribution in [3.63, 3.8) is 0 Å². The maximum Gasteiger partial charge on any atom is 0.416 e. The Balaban J connectivity index is 1.13. The number of rotatable bonds is 6. The average molecular weight is 808 g/mol. The molecule has 0 saturated heterocycles. The topological polar surface area (TPSA) is 59.4 Å². The molecule has 11 aromatic rings. The van der Waals surface area contributed by atoms with E-state index in [1.807, 2.05) is 180 Å². The van der Waals surface area contributed by atoms with Gasteiger partial charge in [0.05, 0.1) is 56.3 Å². The molecule has 0 saturated carbocycles. The Morgan fingerprint density at radius 2 is 0.968 bits per heavy atom. The Labute approximate surface area is 353 Å². The number of halogens is 3. The lowest BCUT2D eigenvalue weighted by molar-refractivity contribution is -0.137. The van der Waals surface area contributed by atoms with E-state index in [1.165, 1.54) is 12.1 Å². The number of hydrogen-bond donors (Lipinski definition) is 0. The SMILES string of the molecule is N#Cc1ccc(-n2c3ccccc3c3cc(-c4cc(-n5c6ccccc6c6ccccc65)cc(C(F)(F)F)c4)ccc32)c(-c2nc(-c3ccccc3)cc(-c3ccccc3)n2)c1. The third-order valence-corrected chi connectivity index (χ3v) is 11.6. The van der Waals surface area contributed by atoms with Crippen molar-refractivity contribution in [3.8, 4) is 62.5 Å². The quantitative estimate of drug-likeness (QED) is 0.168. The maximum absolute atomic E-state index is 14.8. The number of hydrogen-bond acceptors (Lipinski definition) is 3. The van der Waals surface area contributed by atoms with Gasteiger partial charge in [0.15, 0.2) is 5.82 Å². The molecule has 8 aromatic carbocycles. The minimum atomic E-state index is -4.59. The molecular formula is C54H32F3N5. The van der Waals surface area contributed by atoms with Crippen molar-refractivity contribution in [2.75, 3.05) is 0 Å². The molecule has 3 heterocycles. The van der Waals surface area contributed by atoms with Crippen LogP contribution in [0.25, 0.3) is 100 Å². The molecule has 0 bridgehead atoms. The van der Waals surface area contributed by atoms with Gasteiger partial charge in [0, 0.05) is 43.9 Å². The molecule has 5 nitrogen and oxygen atoms in total. The standard InChI is InChI=1S/C54H32F3N5/c55-54(56,57)39-28-38(29-40(31-39)61-48-20-10-7-17-41(48)42-18-8-11-21-49(42)61)37-24-26-51-44(30-37)43-19-9-12-22-50(43)62(51)52-25-23-34(33-58)27-45(52)53-59-46(35-13-3-1-4-14-35)32-47(60-53)36-15-5-2-6-16-36/h1-32H. The maximum atomic E-state index is 14.8. The first-order chi connectivity index (χ1) is 30.3. The molecule has 0 atom stereocenters. The van der Waals surface area contributed by atoms with Crippen molar-refractivity contribution in [3.05, 3.63) is 205 Å². The van der Waals surface area contributed by atoms with Gasteiger partial charge in [-0.25, -0.2) is 9.97 Å². The van der Waals surface area contributed by atoms with E-state index in [0.29, 0.717) is 33.8 Å². The Hall–Kier alpha value is -8.28. The highest BCUT2D eigenvalue weighted by atomic mass is 19.4. The summed E-state index contributed by atoms with van der Waals surface area (Å²) in [5.41, 5.74) is 9.29. The van der Waals surface area contributed by atoms with Crippen molar-refractivity contribution in [1.82, 2.24) is 19.1 Å². The first kappa shape index (κ1) is 36.8. The van der Waals surface area contributed by atoms with Crippen molar-refractivity contribution < 1.29 is 13.2 Å². The fourth-order valence-corrected chi connectivity index (χ4v) is 8.74. The van der Waals surface area contributed by atoms with Crippen LogP contribution in [0, 0.1) is 11.3 Å². The van der Waals surface area contributed by atoms with Crippen LogP contribution < -0.4 is 0 Å². The Morgan fingerprint density at radius 1 is 0.435 bits per heavy atom. The van der Waals surface area contributed by atoms with E-state index in [2.05, 4.69) is 10.6 Å². The predicted molar refractivity (Wildman–Crippen MR) is 242 cm³/mol. The molecule has 0 aliphatic heterocycles. The summed E-state index contributed by atoms with van der Waals surface area (Å²) in [6.07, 6.45) is -4.59. The molecule has 0 aliphatic rings. The molecule has 3 aromatic heterocycles. The van der Waals surface area contributed by atoms with Crippen LogP contribution in [-0.2, 0) is 6.18 Å². The average Bonchev–Trinajstić information content (AvgIpc) is 3.84. The summed E-state index contributed by atoms with van der Waals surface area (Å²) in [5.74, 6) is 0.446. The fourth-order valence-electron chi connectivity index (χ4n) is 8.74. The third kappa shape index (κ3) is 6.18. The number of para-hydroxylation sites is 3. The lowest BCUT2D eigenvalue weighted by atomic mass is 9.99. The van der Waals surface area contributed by atoms with Gasteiger partial charge in [-0.15, -0.1) is 0 Å². The number of alkyl halides is 3. The Morgan fingerprint density at radius 3 is 1.55 bits per heavy atom. The van der Waals surface area contributed by atoms with E-state index in [4.69, 9.17) is 9.97 Å². The van der Waals surface area contributed by atoms with Crippen LogP contribution in [0.1, 0.15) is 11.1 Å². The summed E-state index contributed by atoms with van der Waals surface area (Å²) in [7, 11) is 0. The molecule has 11 rings (SSSR count). The Kier molecular flexibility index (Phi) is 8.58. The van der Waals surface area contributed by atoms with Gasteiger partial charge >= 0.3 is 6.18 Å². The minimum absolute atomic E-state index is 0.421. The monoisotopic (exact) mass is 807 g/mol. The molecule has 0 aliphatic carbocycles. The van der Waals surface area contributed by atoms with Crippen LogP contribution in [0.4, 0.5) is 13.2 Å². The number of aromatic nitrogens is 4. The van der Waals surface area contributed by atoms with Crippen LogP contribution in [0.5, 0.6) is 0 Å². The zero-order valence-electron chi connectivity index (χ0n) is 32.8. The molecule has 0 unspecified atom stereocenters. The first-order valence-corrected chi connectivity index (χ1v) is 20.1. The zero-order chi connectivity index (χ0) is 42.0. The van der Waals surface area contributed by atoms with Gasteiger partial charge in [-0.3, -0.25) is 0 Å². The highest BCUT2D eigenvalue weighted by Crippen LogP contribution is 2.42. The Bertz CT molecular complexity index is 3470. The summed E-state index contributed by atoms with van der Waals surface area (Å²) in [6, 6.07) is 63.3. The van der Waals surface area contributed by atoms with Crippen molar-refractivity contribution in [2.24, 2.45) is 0 Å². The molecule has 0 fully saturated rings. The largest absolute Gasteiger partial charge is 0.416 e. The normalized spacial score (nSPS) is 11.8. The minimum Gasteiger partial charge on any atom is -0.309 e. The fraction of sp³-hybridized carbons (Fsp3) is 0.0185. The lowest BCUT2D eigenvalue weighted by Crippen LogP contribution is -2.07. The van der Waals surface area contributed by atoms with Crippen LogP contribution in [-0.4, -0.2) is 19.1 Å². The summed E-state index contributed by atoms with van der Waals surface area (Å²) in [4.78, 5) is 10.3. The van der Waals surface area contributed by atoms with E-state index in [1.54, 1.807) is 6.07 Å².